The van der Waals surface area contributed by atoms with Gasteiger partial charge in [-0.05, 0) is 24.0 Å². The first-order valence-electron chi connectivity index (χ1n) is 7.83. The van der Waals surface area contributed by atoms with Gasteiger partial charge in [0.1, 0.15) is 0 Å². The lowest BCUT2D eigenvalue weighted by atomic mass is 10.0. The molecule has 110 valence electrons. The molecule has 0 bridgehead atoms. The lowest BCUT2D eigenvalue weighted by Crippen LogP contribution is -2.08. The molecule has 1 N–H and O–H groups in total. The van der Waals surface area contributed by atoms with E-state index in [-0.39, 0.29) is 0 Å². The predicted molar refractivity (Wildman–Crippen MR) is 89.8 cm³/mol. The van der Waals surface area contributed by atoms with Crippen molar-refractivity contribution >= 4 is 5.95 Å². The number of aromatic nitrogens is 2. The number of benzene rings is 2. The minimum Gasteiger partial charge on any atom is -0.352 e. The van der Waals surface area contributed by atoms with Gasteiger partial charge in [0, 0.05) is 18.7 Å². The second-order valence-electron chi connectivity index (χ2n) is 5.72. The lowest BCUT2D eigenvalue weighted by molar-refractivity contribution is 0.663. The first-order chi connectivity index (χ1) is 10.9. The van der Waals surface area contributed by atoms with Crippen molar-refractivity contribution in [1.82, 2.24) is 9.55 Å². The highest BCUT2D eigenvalue weighted by molar-refractivity contribution is 5.66. The summed E-state index contributed by atoms with van der Waals surface area (Å²) < 4.78 is 2.31. The van der Waals surface area contributed by atoms with Crippen LogP contribution in [0.5, 0.6) is 0 Å². The summed E-state index contributed by atoms with van der Waals surface area (Å²) in [5, 5.41) is 3.48. The van der Waals surface area contributed by atoms with Crippen LogP contribution in [0, 0.1) is 0 Å². The number of fused-ring (bicyclic) bond motifs is 3. The van der Waals surface area contributed by atoms with E-state index in [2.05, 4.69) is 63.4 Å². The topological polar surface area (TPSA) is 29.9 Å². The van der Waals surface area contributed by atoms with Gasteiger partial charge in [0.2, 0.25) is 5.95 Å². The summed E-state index contributed by atoms with van der Waals surface area (Å²) in [6.07, 6.45) is 4.29. The van der Waals surface area contributed by atoms with Crippen LogP contribution in [-0.4, -0.2) is 9.55 Å². The number of anilines is 1. The van der Waals surface area contributed by atoms with Crippen LogP contribution in [0.25, 0.3) is 11.3 Å². The maximum atomic E-state index is 4.61. The molecule has 0 unspecified atom stereocenters. The second kappa shape index (κ2) is 5.68. The number of nitrogens with zero attached hydrogens (tertiary/aromatic N) is 2. The van der Waals surface area contributed by atoms with Crippen molar-refractivity contribution in [1.29, 1.82) is 0 Å². The van der Waals surface area contributed by atoms with Gasteiger partial charge < -0.3 is 9.88 Å². The first-order valence-corrected chi connectivity index (χ1v) is 7.83. The number of hydrogen-bond acceptors (Lipinski definition) is 2. The molecule has 0 saturated heterocycles. The Bertz CT molecular complexity index is 774. The third-order valence-corrected chi connectivity index (χ3v) is 4.27. The van der Waals surface area contributed by atoms with Gasteiger partial charge in [-0.2, -0.15) is 0 Å². The average molecular weight is 289 g/mol. The number of hydrogen-bond donors (Lipinski definition) is 1. The molecule has 0 amide bonds. The fourth-order valence-electron chi connectivity index (χ4n) is 3.15. The number of aryl methyl sites for hydroxylation is 1. The molecule has 22 heavy (non-hydrogen) atoms. The number of rotatable bonds is 3. The van der Waals surface area contributed by atoms with Gasteiger partial charge >= 0.3 is 0 Å². The van der Waals surface area contributed by atoms with Crippen LogP contribution in [-0.2, 0) is 19.5 Å². The van der Waals surface area contributed by atoms with Crippen LogP contribution in [0.3, 0.4) is 0 Å². The quantitative estimate of drug-likeness (QED) is 0.786. The highest BCUT2D eigenvalue weighted by Gasteiger charge is 2.17. The van der Waals surface area contributed by atoms with Crippen molar-refractivity contribution in [2.75, 3.05) is 5.32 Å². The molecule has 0 atom stereocenters. The average Bonchev–Trinajstić information content (AvgIpc) is 2.88. The zero-order chi connectivity index (χ0) is 14.8. The standard InChI is InChI=1S/C19H19N3/c1-2-7-15(8-3-1)13-20-19-21-14-18-17-11-5-4-9-16(17)10-6-12-22(18)19/h1-5,7-9,11,14H,6,10,12-13H2,(H,20,21). The van der Waals surface area contributed by atoms with E-state index < -0.39 is 0 Å². The van der Waals surface area contributed by atoms with Gasteiger partial charge in [0.15, 0.2) is 0 Å². The zero-order valence-electron chi connectivity index (χ0n) is 12.5. The number of nitrogens with one attached hydrogen (secondary N) is 1. The maximum Gasteiger partial charge on any atom is 0.203 e. The lowest BCUT2D eigenvalue weighted by Gasteiger charge is -2.11. The van der Waals surface area contributed by atoms with Crippen LogP contribution < -0.4 is 5.32 Å². The van der Waals surface area contributed by atoms with Crippen molar-refractivity contribution in [3.8, 4) is 11.3 Å². The molecule has 1 aliphatic heterocycles. The molecule has 3 heteroatoms. The molecule has 2 aromatic carbocycles. The monoisotopic (exact) mass is 289 g/mol. The van der Waals surface area contributed by atoms with Crippen molar-refractivity contribution in [3.05, 3.63) is 71.9 Å². The highest BCUT2D eigenvalue weighted by atomic mass is 15.2. The minimum absolute atomic E-state index is 0.805. The SMILES string of the molecule is c1ccc(CNc2ncc3n2CCCc2ccccc2-3)cc1. The molecule has 1 aromatic heterocycles. The smallest absolute Gasteiger partial charge is 0.203 e. The second-order valence-corrected chi connectivity index (χ2v) is 5.72. The summed E-state index contributed by atoms with van der Waals surface area (Å²) >= 11 is 0. The van der Waals surface area contributed by atoms with Gasteiger partial charge in [-0.25, -0.2) is 4.98 Å². The largest absolute Gasteiger partial charge is 0.352 e. The Labute approximate surface area is 130 Å². The molecule has 4 rings (SSSR count). The normalized spacial score (nSPS) is 13.1. The summed E-state index contributed by atoms with van der Waals surface area (Å²) in [5.41, 5.74) is 5.24. The van der Waals surface area contributed by atoms with Gasteiger partial charge in [-0.15, -0.1) is 0 Å². The van der Waals surface area contributed by atoms with Crippen molar-refractivity contribution < 1.29 is 0 Å². The summed E-state index contributed by atoms with van der Waals surface area (Å²) in [6.45, 7) is 1.82. The Morgan fingerprint density at radius 1 is 1.00 bits per heavy atom. The molecule has 0 saturated carbocycles. The Balaban J connectivity index is 1.64. The Hall–Kier alpha value is -2.55. The van der Waals surface area contributed by atoms with Gasteiger partial charge in [-0.3, -0.25) is 0 Å². The van der Waals surface area contributed by atoms with Gasteiger partial charge in [0.05, 0.1) is 11.9 Å². The predicted octanol–water partition coefficient (Wildman–Crippen LogP) is 4.11. The van der Waals surface area contributed by atoms with E-state index in [1.54, 1.807) is 0 Å². The molecule has 0 aliphatic carbocycles. The summed E-state index contributed by atoms with van der Waals surface area (Å²) in [7, 11) is 0. The molecular formula is C19H19N3. The fraction of sp³-hybridized carbons (Fsp3) is 0.211. The van der Waals surface area contributed by atoms with E-state index in [1.165, 1.54) is 22.4 Å². The molecule has 2 heterocycles. The first kappa shape index (κ1) is 13.1. The molecule has 3 aromatic rings. The van der Waals surface area contributed by atoms with Crippen LogP contribution in [0.15, 0.2) is 60.8 Å². The van der Waals surface area contributed by atoms with Gasteiger partial charge in [0.25, 0.3) is 0 Å². The maximum absolute atomic E-state index is 4.61. The Morgan fingerprint density at radius 3 is 2.73 bits per heavy atom. The molecule has 1 aliphatic rings. The van der Waals surface area contributed by atoms with E-state index in [1.807, 2.05) is 12.3 Å². The van der Waals surface area contributed by atoms with E-state index in [0.29, 0.717) is 0 Å². The third-order valence-electron chi connectivity index (χ3n) is 4.27. The third kappa shape index (κ3) is 2.39. The van der Waals surface area contributed by atoms with E-state index >= 15 is 0 Å². The molecule has 3 nitrogen and oxygen atoms in total. The van der Waals surface area contributed by atoms with Crippen LogP contribution in [0.2, 0.25) is 0 Å². The Morgan fingerprint density at radius 2 is 1.82 bits per heavy atom. The summed E-state index contributed by atoms with van der Waals surface area (Å²) in [5.74, 6) is 0.968. The van der Waals surface area contributed by atoms with E-state index in [4.69, 9.17) is 0 Å². The van der Waals surface area contributed by atoms with Crippen LogP contribution in [0.4, 0.5) is 5.95 Å². The van der Waals surface area contributed by atoms with Crippen LogP contribution in [0.1, 0.15) is 17.5 Å². The van der Waals surface area contributed by atoms with Gasteiger partial charge in [-0.1, -0.05) is 54.6 Å². The fourth-order valence-corrected chi connectivity index (χ4v) is 3.15. The summed E-state index contributed by atoms with van der Waals surface area (Å²) in [4.78, 5) is 4.61. The highest BCUT2D eigenvalue weighted by Crippen LogP contribution is 2.30. The summed E-state index contributed by atoms with van der Waals surface area (Å²) in [6, 6.07) is 19.1. The van der Waals surface area contributed by atoms with Crippen molar-refractivity contribution in [2.24, 2.45) is 0 Å². The van der Waals surface area contributed by atoms with E-state index in [9.17, 15) is 0 Å². The van der Waals surface area contributed by atoms with E-state index in [0.717, 1.165) is 31.9 Å². The van der Waals surface area contributed by atoms with Crippen LogP contribution >= 0.6 is 0 Å². The van der Waals surface area contributed by atoms with Crippen molar-refractivity contribution in [2.45, 2.75) is 25.9 Å². The Kier molecular flexibility index (Phi) is 3.39. The zero-order valence-corrected chi connectivity index (χ0v) is 12.5. The molecular weight excluding hydrogens is 270 g/mol. The molecule has 0 fully saturated rings. The molecule has 0 spiro atoms. The number of imidazole rings is 1. The van der Waals surface area contributed by atoms with Crippen molar-refractivity contribution in [3.63, 3.8) is 0 Å². The minimum atomic E-state index is 0.805. The molecule has 0 radical (unpaired) electrons.